The molecule has 10 aromatic carbocycles. The normalized spacial score (nSPS) is 11.6. The number of hydrogen-bond acceptors (Lipinski definition) is 3. The standard InChI is InChI=1S/C58H36N2S/c1-2-11-42(12-3-1)58-59-53(36-54(60-58)40-22-24-41(25-23-40)56-35-47-14-6-9-17-55(47)61-56)39-20-18-37(19-21-39)43-26-27-45-33-48(29-28-44(45)32-43)57-50-16-8-5-13-46(50)34-52-49-15-7-4-10-38(49)30-31-51(52)57/h1-36H. The van der Waals surface area contributed by atoms with E-state index in [1.807, 2.05) is 29.5 Å². The summed E-state index contributed by atoms with van der Waals surface area (Å²) >= 11 is 1.83. The predicted molar refractivity (Wildman–Crippen MR) is 260 cm³/mol. The molecule has 0 saturated carbocycles. The first kappa shape index (κ1) is 35.2. The lowest BCUT2D eigenvalue weighted by Crippen LogP contribution is -1.96. The molecule has 61 heavy (non-hydrogen) atoms. The van der Waals surface area contributed by atoms with Gasteiger partial charge in [-0.05, 0) is 113 Å². The van der Waals surface area contributed by atoms with Crippen molar-refractivity contribution in [2.75, 3.05) is 0 Å². The second kappa shape index (κ2) is 14.5. The summed E-state index contributed by atoms with van der Waals surface area (Å²) in [6.45, 7) is 0. The van der Waals surface area contributed by atoms with Crippen LogP contribution in [0.1, 0.15) is 0 Å². The van der Waals surface area contributed by atoms with Crippen molar-refractivity contribution in [3.05, 3.63) is 218 Å². The molecule has 3 heteroatoms. The quantitative estimate of drug-likeness (QED) is 0.124. The molecule has 0 unspecified atom stereocenters. The summed E-state index contributed by atoms with van der Waals surface area (Å²) in [5.41, 5.74) is 11.0. The van der Waals surface area contributed by atoms with Crippen molar-refractivity contribution in [2.45, 2.75) is 0 Å². The van der Waals surface area contributed by atoms with Crippen LogP contribution in [0.25, 0.3) is 120 Å². The zero-order chi connectivity index (χ0) is 40.3. The van der Waals surface area contributed by atoms with Crippen molar-refractivity contribution in [1.82, 2.24) is 9.97 Å². The van der Waals surface area contributed by atoms with E-state index in [2.05, 4.69) is 200 Å². The summed E-state index contributed by atoms with van der Waals surface area (Å²) in [6.07, 6.45) is 0. The first-order chi connectivity index (χ1) is 30.2. The largest absolute Gasteiger partial charge is 0.228 e. The first-order valence-corrected chi connectivity index (χ1v) is 21.5. The SMILES string of the molecule is c1ccc(-c2nc(-c3ccc(-c4ccc5cc(-c6c7ccccc7cc7c6ccc6ccccc67)ccc5c4)cc3)cc(-c3ccc(-c4cc5ccccc5s4)cc3)n2)cc1. The molecule has 12 rings (SSSR count). The van der Waals surface area contributed by atoms with Crippen LogP contribution < -0.4 is 0 Å². The molecule has 0 N–H and O–H groups in total. The zero-order valence-electron chi connectivity index (χ0n) is 33.1. The van der Waals surface area contributed by atoms with Crippen LogP contribution in [-0.4, -0.2) is 9.97 Å². The summed E-state index contributed by atoms with van der Waals surface area (Å²) < 4.78 is 1.30. The zero-order valence-corrected chi connectivity index (χ0v) is 33.9. The molecule has 0 saturated heterocycles. The summed E-state index contributed by atoms with van der Waals surface area (Å²) in [4.78, 5) is 11.5. The number of benzene rings is 10. The number of nitrogens with zero attached hydrogens (tertiary/aromatic N) is 2. The molecule has 284 valence electrons. The molecule has 0 aliphatic heterocycles. The van der Waals surface area contributed by atoms with Gasteiger partial charge in [0.15, 0.2) is 5.82 Å². The molecule has 12 aromatic rings. The lowest BCUT2D eigenvalue weighted by molar-refractivity contribution is 1.18. The fourth-order valence-corrected chi connectivity index (χ4v) is 10.0. The molecule has 0 fully saturated rings. The molecule has 0 aliphatic carbocycles. The van der Waals surface area contributed by atoms with E-state index in [-0.39, 0.29) is 0 Å². The number of aromatic nitrogens is 2. The maximum absolute atomic E-state index is 5.11. The van der Waals surface area contributed by atoms with Crippen LogP contribution in [0.4, 0.5) is 0 Å². The number of thiophene rings is 1. The highest BCUT2D eigenvalue weighted by atomic mass is 32.1. The molecule has 2 aromatic heterocycles. The average Bonchev–Trinajstić information content (AvgIpc) is 3.78. The van der Waals surface area contributed by atoms with Crippen LogP contribution in [0.3, 0.4) is 0 Å². The summed E-state index contributed by atoms with van der Waals surface area (Å²) in [6, 6.07) is 78.9. The second-order valence-electron chi connectivity index (χ2n) is 15.8. The van der Waals surface area contributed by atoms with Gasteiger partial charge in [-0.2, -0.15) is 0 Å². The van der Waals surface area contributed by atoms with Crippen molar-refractivity contribution in [2.24, 2.45) is 0 Å². The van der Waals surface area contributed by atoms with Crippen LogP contribution in [0, 0.1) is 0 Å². The number of fused-ring (bicyclic) bond motifs is 6. The molecule has 2 heterocycles. The van der Waals surface area contributed by atoms with E-state index >= 15 is 0 Å². The Labute approximate surface area is 357 Å². The van der Waals surface area contributed by atoms with E-state index in [0.29, 0.717) is 5.82 Å². The highest BCUT2D eigenvalue weighted by molar-refractivity contribution is 7.22. The topological polar surface area (TPSA) is 25.8 Å². The van der Waals surface area contributed by atoms with Crippen molar-refractivity contribution >= 4 is 64.5 Å². The van der Waals surface area contributed by atoms with E-state index in [4.69, 9.17) is 9.97 Å². The third-order valence-electron chi connectivity index (χ3n) is 12.1. The second-order valence-corrected chi connectivity index (χ2v) is 16.8. The average molecular weight is 793 g/mol. The van der Waals surface area contributed by atoms with E-state index in [1.165, 1.54) is 80.3 Å². The van der Waals surface area contributed by atoms with Gasteiger partial charge in [0.05, 0.1) is 11.4 Å². The molecular formula is C58H36N2S. The Bertz CT molecular complexity index is 3590. The Balaban J connectivity index is 0.879. The first-order valence-electron chi connectivity index (χ1n) is 20.7. The number of hydrogen-bond donors (Lipinski definition) is 0. The smallest absolute Gasteiger partial charge is 0.160 e. The van der Waals surface area contributed by atoms with Crippen LogP contribution >= 0.6 is 11.3 Å². The van der Waals surface area contributed by atoms with Crippen LogP contribution in [0.2, 0.25) is 0 Å². The third kappa shape index (κ3) is 6.35. The minimum atomic E-state index is 0.713. The van der Waals surface area contributed by atoms with Gasteiger partial charge in [0.1, 0.15) is 0 Å². The summed E-state index contributed by atoms with van der Waals surface area (Å²) in [7, 11) is 0. The minimum Gasteiger partial charge on any atom is -0.228 e. The Morgan fingerprint density at radius 1 is 0.279 bits per heavy atom. The number of rotatable bonds is 6. The van der Waals surface area contributed by atoms with Crippen LogP contribution in [0.5, 0.6) is 0 Å². The van der Waals surface area contributed by atoms with Crippen LogP contribution in [-0.2, 0) is 0 Å². The molecule has 0 aliphatic rings. The molecule has 0 amide bonds. The van der Waals surface area contributed by atoms with Gasteiger partial charge < -0.3 is 0 Å². The molecular weight excluding hydrogens is 757 g/mol. The van der Waals surface area contributed by atoms with Gasteiger partial charge in [0.2, 0.25) is 0 Å². The lowest BCUT2D eigenvalue weighted by atomic mass is 9.89. The van der Waals surface area contributed by atoms with Gasteiger partial charge in [0, 0.05) is 26.3 Å². The van der Waals surface area contributed by atoms with E-state index < -0.39 is 0 Å². The van der Waals surface area contributed by atoms with Crippen molar-refractivity contribution in [3.63, 3.8) is 0 Å². The highest BCUT2D eigenvalue weighted by Gasteiger charge is 2.15. The summed E-state index contributed by atoms with van der Waals surface area (Å²) in [5.74, 6) is 0.713. The Morgan fingerprint density at radius 3 is 1.57 bits per heavy atom. The predicted octanol–water partition coefficient (Wildman–Crippen LogP) is 16.3. The summed E-state index contributed by atoms with van der Waals surface area (Å²) in [5, 5.41) is 11.4. The molecule has 0 spiro atoms. The molecule has 0 radical (unpaired) electrons. The Morgan fingerprint density at radius 2 is 0.836 bits per heavy atom. The van der Waals surface area contributed by atoms with E-state index in [9.17, 15) is 0 Å². The van der Waals surface area contributed by atoms with E-state index in [0.717, 1.165) is 33.6 Å². The molecule has 2 nitrogen and oxygen atoms in total. The Hall–Kier alpha value is -7.72. The third-order valence-corrected chi connectivity index (χ3v) is 13.2. The minimum absolute atomic E-state index is 0.713. The Kier molecular flexibility index (Phi) is 8.39. The van der Waals surface area contributed by atoms with Crippen molar-refractivity contribution < 1.29 is 0 Å². The fraction of sp³-hybridized carbons (Fsp3) is 0. The van der Waals surface area contributed by atoms with Gasteiger partial charge in [-0.1, -0.05) is 182 Å². The van der Waals surface area contributed by atoms with Gasteiger partial charge in [-0.3, -0.25) is 0 Å². The van der Waals surface area contributed by atoms with Gasteiger partial charge in [-0.15, -0.1) is 11.3 Å². The monoisotopic (exact) mass is 792 g/mol. The fourth-order valence-electron chi connectivity index (χ4n) is 8.93. The molecule has 0 bridgehead atoms. The lowest BCUT2D eigenvalue weighted by Gasteiger charge is -2.15. The molecule has 0 atom stereocenters. The maximum atomic E-state index is 5.11. The maximum Gasteiger partial charge on any atom is 0.160 e. The van der Waals surface area contributed by atoms with Crippen LogP contribution in [0.15, 0.2) is 218 Å². The van der Waals surface area contributed by atoms with Crippen molar-refractivity contribution in [3.8, 4) is 66.6 Å². The van der Waals surface area contributed by atoms with Crippen molar-refractivity contribution in [1.29, 1.82) is 0 Å². The van der Waals surface area contributed by atoms with Gasteiger partial charge >= 0.3 is 0 Å². The van der Waals surface area contributed by atoms with E-state index in [1.54, 1.807) is 0 Å². The van der Waals surface area contributed by atoms with Gasteiger partial charge in [0.25, 0.3) is 0 Å². The van der Waals surface area contributed by atoms with Gasteiger partial charge in [-0.25, -0.2) is 9.97 Å². The highest BCUT2D eigenvalue weighted by Crippen LogP contribution is 2.41.